The van der Waals surface area contributed by atoms with Gasteiger partial charge in [0.15, 0.2) is 0 Å². The fourth-order valence-electron chi connectivity index (χ4n) is 2.75. The molecule has 0 heterocycles. The number of amides is 2. The van der Waals surface area contributed by atoms with E-state index in [9.17, 15) is 14.4 Å². The van der Waals surface area contributed by atoms with Crippen molar-refractivity contribution in [1.29, 1.82) is 0 Å². The molecule has 1 aliphatic rings. The number of ether oxygens (including phenoxy) is 1. The van der Waals surface area contributed by atoms with Gasteiger partial charge in [-0.25, -0.2) is 4.79 Å². The van der Waals surface area contributed by atoms with Crippen LogP contribution in [0.2, 0.25) is 0 Å². The van der Waals surface area contributed by atoms with E-state index in [4.69, 9.17) is 4.74 Å². The topological polar surface area (TPSA) is 84.5 Å². The van der Waals surface area contributed by atoms with E-state index < -0.39 is 17.3 Å². The maximum absolute atomic E-state index is 12.7. The highest BCUT2D eigenvalue weighted by Crippen LogP contribution is 2.47. The molecule has 6 nitrogen and oxygen atoms in total. The Kier molecular flexibility index (Phi) is 5.02. The number of carbonyl (C=O) groups is 3. The summed E-state index contributed by atoms with van der Waals surface area (Å²) in [6.07, 6.45) is 0.972. The minimum Gasteiger partial charge on any atom is -0.465 e. The van der Waals surface area contributed by atoms with Crippen molar-refractivity contribution in [2.24, 2.45) is 5.41 Å². The van der Waals surface area contributed by atoms with Gasteiger partial charge in [-0.05, 0) is 30.5 Å². The molecule has 0 bridgehead atoms. The van der Waals surface area contributed by atoms with Gasteiger partial charge in [0, 0.05) is 6.54 Å². The predicted molar refractivity (Wildman–Crippen MR) is 96.4 cm³/mol. The van der Waals surface area contributed by atoms with Gasteiger partial charge < -0.3 is 15.4 Å². The SMILES string of the molecule is COC(=O)c1ccccc1NC(=O)C1(C(=O)NCc2ccccc2)CC1. The molecule has 0 radical (unpaired) electrons. The molecule has 134 valence electrons. The smallest absolute Gasteiger partial charge is 0.339 e. The quantitative estimate of drug-likeness (QED) is 0.618. The van der Waals surface area contributed by atoms with Crippen molar-refractivity contribution in [1.82, 2.24) is 5.32 Å². The van der Waals surface area contributed by atoms with Crippen molar-refractivity contribution in [3.63, 3.8) is 0 Å². The first-order chi connectivity index (χ1) is 12.6. The maximum Gasteiger partial charge on any atom is 0.339 e. The first-order valence-electron chi connectivity index (χ1n) is 8.38. The van der Waals surface area contributed by atoms with Crippen molar-refractivity contribution in [3.8, 4) is 0 Å². The molecule has 2 aromatic carbocycles. The molecular weight excluding hydrogens is 332 g/mol. The zero-order valence-electron chi connectivity index (χ0n) is 14.5. The number of nitrogens with one attached hydrogen (secondary N) is 2. The minimum atomic E-state index is -1.07. The lowest BCUT2D eigenvalue weighted by Crippen LogP contribution is -2.39. The fraction of sp³-hybridized carbons (Fsp3) is 0.250. The van der Waals surface area contributed by atoms with Crippen LogP contribution in [0.5, 0.6) is 0 Å². The molecule has 6 heteroatoms. The molecule has 1 aliphatic carbocycles. The summed E-state index contributed by atoms with van der Waals surface area (Å²) in [6, 6.07) is 16.1. The molecule has 1 fully saturated rings. The number of benzene rings is 2. The molecule has 0 spiro atoms. The first kappa shape index (κ1) is 17.7. The van der Waals surface area contributed by atoms with Crippen LogP contribution in [0.3, 0.4) is 0 Å². The summed E-state index contributed by atoms with van der Waals surface area (Å²) in [5.41, 5.74) is 0.487. The van der Waals surface area contributed by atoms with Gasteiger partial charge in [0.1, 0.15) is 5.41 Å². The van der Waals surface area contributed by atoms with Crippen LogP contribution >= 0.6 is 0 Å². The third-order valence-electron chi connectivity index (χ3n) is 4.50. The van der Waals surface area contributed by atoms with Crippen LogP contribution in [-0.2, 0) is 20.9 Å². The van der Waals surface area contributed by atoms with Crippen LogP contribution < -0.4 is 10.6 Å². The Balaban J connectivity index is 1.68. The van der Waals surface area contributed by atoms with Gasteiger partial charge >= 0.3 is 5.97 Å². The third-order valence-corrected chi connectivity index (χ3v) is 4.50. The van der Waals surface area contributed by atoms with Crippen molar-refractivity contribution < 1.29 is 19.1 Å². The number of rotatable bonds is 6. The molecule has 0 atom stereocenters. The summed E-state index contributed by atoms with van der Waals surface area (Å²) in [6.45, 7) is 0.369. The molecule has 0 aromatic heterocycles. The summed E-state index contributed by atoms with van der Waals surface area (Å²) >= 11 is 0. The summed E-state index contributed by atoms with van der Waals surface area (Å²) in [4.78, 5) is 37.1. The fourth-order valence-corrected chi connectivity index (χ4v) is 2.75. The zero-order valence-corrected chi connectivity index (χ0v) is 14.5. The number of anilines is 1. The van der Waals surface area contributed by atoms with Crippen molar-refractivity contribution in [3.05, 3.63) is 65.7 Å². The highest BCUT2D eigenvalue weighted by molar-refractivity contribution is 6.14. The van der Waals surface area contributed by atoms with Crippen molar-refractivity contribution in [2.45, 2.75) is 19.4 Å². The monoisotopic (exact) mass is 352 g/mol. The van der Waals surface area contributed by atoms with Gasteiger partial charge in [-0.1, -0.05) is 42.5 Å². The molecule has 2 aromatic rings. The second-order valence-corrected chi connectivity index (χ2v) is 6.24. The van der Waals surface area contributed by atoms with E-state index in [1.807, 2.05) is 30.3 Å². The molecule has 0 saturated heterocycles. The molecule has 3 rings (SSSR count). The van der Waals surface area contributed by atoms with E-state index in [2.05, 4.69) is 10.6 Å². The van der Waals surface area contributed by atoms with Crippen molar-refractivity contribution in [2.75, 3.05) is 12.4 Å². The zero-order chi connectivity index (χ0) is 18.6. The van der Waals surface area contributed by atoms with E-state index in [-0.39, 0.29) is 11.5 Å². The Hall–Kier alpha value is -3.15. The van der Waals surface area contributed by atoms with Crippen LogP contribution in [0, 0.1) is 5.41 Å². The number of methoxy groups -OCH3 is 1. The van der Waals surface area contributed by atoms with Gasteiger partial charge in [0.05, 0.1) is 18.4 Å². The van der Waals surface area contributed by atoms with Crippen LogP contribution in [0.4, 0.5) is 5.69 Å². The maximum atomic E-state index is 12.7. The average Bonchev–Trinajstić information content (AvgIpc) is 3.49. The van der Waals surface area contributed by atoms with E-state index in [0.29, 0.717) is 25.1 Å². The highest BCUT2D eigenvalue weighted by Gasteiger charge is 2.56. The molecular formula is C20H20N2O4. The van der Waals surface area contributed by atoms with Crippen molar-refractivity contribution >= 4 is 23.5 Å². The first-order valence-corrected chi connectivity index (χ1v) is 8.38. The highest BCUT2D eigenvalue weighted by atomic mass is 16.5. The standard InChI is InChI=1S/C20H20N2O4/c1-26-17(23)15-9-5-6-10-16(15)22-19(25)20(11-12-20)18(24)21-13-14-7-3-2-4-8-14/h2-10H,11-13H2,1H3,(H,21,24)(H,22,25). The lowest BCUT2D eigenvalue weighted by molar-refractivity contribution is -0.134. The lowest BCUT2D eigenvalue weighted by atomic mass is 10.0. The van der Waals surface area contributed by atoms with Crippen LogP contribution in [0.15, 0.2) is 54.6 Å². The number of hydrogen-bond donors (Lipinski definition) is 2. The minimum absolute atomic E-state index is 0.254. The molecule has 26 heavy (non-hydrogen) atoms. The Bertz CT molecular complexity index is 829. The van der Waals surface area contributed by atoms with Gasteiger partial charge in [-0.15, -0.1) is 0 Å². The van der Waals surface area contributed by atoms with Gasteiger partial charge in [0.2, 0.25) is 11.8 Å². The van der Waals surface area contributed by atoms with Crippen LogP contribution in [0.25, 0.3) is 0 Å². The second-order valence-electron chi connectivity index (χ2n) is 6.24. The third kappa shape index (κ3) is 3.59. The van der Waals surface area contributed by atoms with Gasteiger partial charge in [0.25, 0.3) is 0 Å². The Morgan fingerprint density at radius 1 is 0.962 bits per heavy atom. The van der Waals surface area contributed by atoms with Crippen LogP contribution in [-0.4, -0.2) is 24.9 Å². The summed E-state index contributed by atoms with van der Waals surface area (Å²) in [5, 5.41) is 5.53. The summed E-state index contributed by atoms with van der Waals surface area (Å²) < 4.78 is 4.73. The number of hydrogen-bond acceptors (Lipinski definition) is 4. The molecule has 2 amide bonds. The Morgan fingerprint density at radius 2 is 1.62 bits per heavy atom. The molecule has 0 unspecified atom stereocenters. The second kappa shape index (κ2) is 7.39. The van der Waals surface area contributed by atoms with E-state index in [1.54, 1.807) is 24.3 Å². The van der Waals surface area contributed by atoms with Gasteiger partial charge in [-0.2, -0.15) is 0 Å². The lowest BCUT2D eigenvalue weighted by Gasteiger charge is -2.16. The average molecular weight is 352 g/mol. The number of esters is 1. The number of carbonyl (C=O) groups excluding carboxylic acids is 3. The number of para-hydroxylation sites is 1. The normalized spacial score (nSPS) is 14.2. The van der Waals surface area contributed by atoms with E-state index in [1.165, 1.54) is 7.11 Å². The Labute approximate surface area is 151 Å². The van der Waals surface area contributed by atoms with Gasteiger partial charge in [-0.3, -0.25) is 9.59 Å². The molecule has 2 N–H and O–H groups in total. The van der Waals surface area contributed by atoms with E-state index >= 15 is 0 Å². The van der Waals surface area contributed by atoms with E-state index in [0.717, 1.165) is 5.56 Å². The predicted octanol–water partition coefficient (Wildman–Crippen LogP) is 2.51. The summed E-state index contributed by atoms with van der Waals surface area (Å²) in [5.74, 6) is -1.24. The Morgan fingerprint density at radius 3 is 2.27 bits per heavy atom. The molecule has 0 aliphatic heterocycles. The molecule has 1 saturated carbocycles. The largest absolute Gasteiger partial charge is 0.465 e. The van der Waals surface area contributed by atoms with Crippen LogP contribution in [0.1, 0.15) is 28.8 Å². The summed E-state index contributed by atoms with van der Waals surface area (Å²) in [7, 11) is 1.28.